The highest BCUT2D eigenvalue weighted by Crippen LogP contribution is 2.61. The fraction of sp³-hybridized carbons (Fsp3) is 0.231. The maximum absolute atomic E-state index is 6.63. The Balaban J connectivity index is 1.52. The number of thiophene rings is 2. The predicted octanol–water partition coefficient (Wildman–Crippen LogP) is 6.65. The number of rotatable bonds is 6. The number of hydrogen-bond acceptors (Lipinski definition) is 8. The van der Waals surface area contributed by atoms with Gasteiger partial charge in [-0.15, -0.1) is 22.7 Å². The van der Waals surface area contributed by atoms with Gasteiger partial charge in [0.25, 0.3) is 0 Å². The molecule has 0 radical (unpaired) electrons. The summed E-state index contributed by atoms with van der Waals surface area (Å²) in [6.45, 7) is 0. The van der Waals surface area contributed by atoms with Gasteiger partial charge in [-0.05, 0) is 12.1 Å². The fourth-order valence-corrected chi connectivity index (χ4v) is 7.31. The molecule has 2 aromatic carbocycles. The molecule has 6 rings (SSSR count). The van der Waals surface area contributed by atoms with Gasteiger partial charge in [0.2, 0.25) is 0 Å². The van der Waals surface area contributed by atoms with Crippen LogP contribution >= 0.6 is 22.7 Å². The lowest BCUT2D eigenvalue weighted by atomic mass is 10.1. The Morgan fingerprint density at radius 2 is 1.06 bits per heavy atom. The Kier molecular flexibility index (Phi) is 4.89. The molecule has 8 heteroatoms. The first-order valence-corrected chi connectivity index (χ1v) is 12.2. The first-order chi connectivity index (χ1) is 16.6. The smallest absolute Gasteiger partial charge is 0.152 e. The maximum atomic E-state index is 6.63. The van der Waals surface area contributed by atoms with Gasteiger partial charge >= 0.3 is 0 Å². The van der Waals surface area contributed by atoms with E-state index in [1.54, 1.807) is 58.2 Å². The van der Waals surface area contributed by atoms with Crippen LogP contribution in [0.4, 0.5) is 0 Å². The van der Waals surface area contributed by atoms with E-state index in [0.29, 0.717) is 23.0 Å². The van der Waals surface area contributed by atoms with Crippen LogP contribution < -0.4 is 28.4 Å². The van der Waals surface area contributed by atoms with Crippen LogP contribution in [0.25, 0.3) is 30.6 Å². The second-order valence-corrected chi connectivity index (χ2v) is 10.0. The highest BCUT2D eigenvalue weighted by molar-refractivity contribution is 7.25. The van der Waals surface area contributed by atoms with Crippen LogP contribution in [0.15, 0.2) is 36.4 Å². The summed E-state index contributed by atoms with van der Waals surface area (Å²) in [6, 6.07) is 12.0. The van der Waals surface area contributed by atoms with Crippen molar-refractivity contribution < 1.29 is 28.4 Å². The maximum Gasteiger partial charge on any atom is 0.152 e. The van der Waals surface area contributed by atoms with Crippen molar-refractivity contribution in [1.82, 2.24) is 0 Å². The average molecular weight is 495 g/mol. The number of methoxy groups -OCH3 is 5. The molecule has 1 atom stereocenters. The normalized spacial score (nSPS) is 14.6. The number of fused-ring (bicyclic) bond motifs is 6. The largest absolute Gasteiger partial charge is 0.496 e. The molecular weight excluding hydrogens is 472 g/mol. The molecule has 1 unspecified atom stereocenters. The summed E-state index contributed by atoms with van der Waals surface area (Å²) >= 11 is 3.49. The van der Waals surface area contributed by atoms with Crippen molar-refractivity contribution in [3.63, 3.8) is 0 Å². The quantitative estimate of drug-likeness (QED) is 0.299. The van der Waals surface area contributed by atoms with Gasteiger partial charge in [0.15, 0.2) is 6.10 Å². The highest BCUT2D eigenvalue weighted by Gasteiger charge is 2.39. The van der Waals surface area contributed by atoms with E-state index in [9.17, 15) is 0 Å². The summed E-state index contributed by atoms with van der Waals surface area (Å²) in [6.07, 6.45) is -0.201. The number of benzene rings is 2. The predicted molar refractivity (Wildman–Crippen MR) is 134 cm³/mol. The van der Waals surface area contributed by atoms with Gasteiger partial charge in [-0.2, -0.15) is 0 Å². The van der Waals surface area contributed by atoms with Gasteiger partial charge in [-0.25, -0.2) is 0 Å². The molecule has 0 amide bonds. The van der Waals surface area contributed by atoms with Crippen LogP contribution in [-0.4, -0.2) is 35.5 Å². The molecule has 3 heterocycles. The minimum absolute atomic E-state index is 0.201. The van der Waals surface area contributed by atoms with Crippen molar-refractivity contribution in [1.29, 1.82) is 0 Å². The number of ether oxygens (including phenoxy) is 6. The highest BCUT2D eigenvalue weighted by atomic mass is 32.1. The van der Waals surface area contributed by atoms with E-state index in [1.807, 2.05) is 24.3 Å². The van der Waals surface area contributed by atoms with E-state index >= 15 is 0 Å². The topological polar surface area (TPSA) is 55.4 Å². The molecule has 6 nitrogen and oxygen atoms in total. The van der Waals surface area contributed by atoms with E-state index in [1.165, 1.54) is 15.3 Å². The lowest BCUT2D eigenvalue weighted by molar-refractivity contribution is 0.252. The fourth-order valence-electron chi connectivity index (χ4n) is 4.65. The zero-order chi connectivity index (χ0) is 23.6. The molecule has 0 N–H and O–H groups in total. The minimum Gasteiger partial charge on any atom is -0.496 e. The lowest BCUT2D eigenvalue weighted by Gasteiger charge is -2.18. The second kappa shape index (κ2) is 7.85. The Labute approximate surface area is 205 Å². The summed E-state index contributed by atoms with van der Waals surface area (Å²) < 4.78 is 34.7. The molecule has 34 heavy (non-hydrogen) atoms. The van der Waals surface area contributed by atoms with E-state index < -0.39 is 0 Å². The molecule has 0 saturated heterocycles. The molecule has 2 bridgehead atoms. The zero-order valence-electron chi connectivity index (χ0n) is 19.3. The molecule has 2 aliphatic rings. The monoisotopic (exact) mass is 494 g/mol. The van der Waals surface area contributed by atoms with E-state index in [2.05, 4.69) is 12.1 Å². The van der Waals surface area contributed by atoms with Crippen LogP contribution in [0, 0.1) is 0 Å². The van der Waals surface area contributed by atoms with Gasteiger partial charge in [0.05, 0.1) is 56.4 Å². The van der Waals surface area contributed by atoms with Crippen LogP contribution in [0.5, 0.6) is 34.5 Å². The molecule has 1 aliphatic carbocycles. The summed E-state index contributed by atoms with van der Waals surface area (Å²) in [5.41, 5.74) is 4.21. The van der Waals surface area contributed by atoms with Crippen molar-refractivity contribution >= 4 is 22.7 Å². The second-order valence-electron chi connectivity index (χ2n) is 7.90. The lowest BCUT2D eigenvalue weighted by Crippen LogP contribution is -2.05. The van der Waals surface area contributed by atoms with Crippen molar-refractivity contribution in [2.45, 2.75) is 6.10 Å². The SMILES string of the molecule is COc1cc(OC)c(-c2cc3c(s2)-c2sc4cc2C3Oc2cc(OC)cc(OC)c2-4)c(OC)c1. The summed E-state index contributed by atoms with van der Waals surface area (Å²) in [4.78, 5) is 4.63. The first-order valence-electron chi connectivity index (χ1n) is 10.6. The third kappa shape index (κ3) is 2.91. The summed E-state index contributed by atoms with van der Waals surface area (Å²) in [5.74, 6) is 4.29. The van der Waals surface area contributed by atoms with E-state index in [0.717, 1.165) is 37.9 Å². The molecular formula is C26H22O6S2. The van der Waals surface area contributed by atoms with Gasteiger partial charge in [-0.3, -0.25) is 0 Å². The Hall–Kier alpha value is -3.36. The van der Waals surface area contributed by atoms with Crippen molar-refractivity contribution in [3.05, 3.63) is 47.5 Å². The Morgan fingerprint density at radius 1 is 0.588 bits per heavy atom. The van der Waals surface area contributed by atoms with Crippen LogP contribution in [0.3, 0.4) is 0 Å². The van der Waals surface area contributed by atoms with Crippen LogP contribution in [0.2, 0.25) is 0 Å². The van der Waals surface area contributed by atoms with Gasteiger partial charge in [-0.1, -0.05) is 0 Å². The van der Waals surface area contributed by atoms with E-state index in [4.69, 9.17) is 28.4 Å². The third-order valence-corrected chi connectivity index (χ3v) is 8.74. The third-order valence-electron chi connectivity index (χ3n) is 6.24. The Bertz CT molecular complexity index is 1410. The molecule has 2 aromatic heterocycles. The van der Waals surface area contributed by atoms with Gasteiger partial charge < -0.3 is 28.4 Å². The van der Waals surface area contributed by atoms with Gasteiger partial charge in [0.1, 0.15) is 34.5 Å². The summed E-state index contributed by atoms with van der Waals surface area (Å²) in [7, 11) is 8.26. The first kappa shape index (κ1) is 21.2. The molecule has 0 spiro atoms. The summed E-state index contributed by atoms with van der Waals surface area (Å²) in [5, 5.41) is 0. The average Bonchev–Trinajstić information content (AvgIpc) is 3.52. The number of hydrogen-bond donors (Lipinski definition) is 0. The van der Waals surface area contributed by atoms with Crippen LogP contribution in [-0.2, 0) is 0 Å². The minimum atomic E-state index is -0.201. The molecule has 174 valence electrons. The van der Waals surface area contributed by atoms with Crippen molar-refractivity contribution in [2.24, 2.45) is 0 Å². The molecule has 1 aliphatic heterocycles. The van der Waals surface area contributed by atoms with Gasteiger partial charge in [0, 0.05) is 45.1 Å². The van der Waals surface area contributed by atoms with Crippen LogP contribution in [0.1, 0.15) is 17.2 Å². The molecule has 0 fully saturated rings. The van der Waals surface area contributed by atoms with Crippen molar-refractivity contribution in [2.75, 3.05) is 35.5 Å². The Morgan fingerprint density at radius 3 is 1.56 bits per heavy atom. The standard InChI is InChI=1S/C26H22O6S2/c1-27-12-6-16(29-3)22(17(7-12)30-4)20-10-14-24-15-11-21(34-26(15)25(14)33-20)23-18(31-5)8-13(28-2)9-19(23)32-24/h6-11,24H,1-5H3. The molecule has 0 saturated carbocycles. The zero-order valence-corrected chi connectivity index (χ0v) is 20.9. The van der Waals surface area contributed by atoms with E-state index in [-0.39, 0.29) is 6.10 Å². The van der Waals surface area contributed by atoms with Crippen molar-refractivity contribution in [3.8, 4) is 65.1 Å². The molecule has 4 aromatic rings.